The molecule has 5 rings (SSSR count). The fourth-order valence-corrected chi connectivity index (χ4v) is 5.05. The fourth-order valence-electron chi connectivity index (χ4n) is 5.05. The summed E-state index contributed by atoms with van der Waals surface area (Å²) >= 11 is 0. The second-order valence-electron chi connectivity index (χ2n) is 9.05. The molecule has 3 heterocycles. The maximum absolute atomic E-state index is 13.4. The summed E-state index contributed by atoms with van der Waals surface area (Å²) in [5.41, 5.74) is 1.65. The first-order valence-corrected chi connectivity index (χ1v) is 10.6. The average molecular weight is 383 g/mol. The van der Waals surface area contributed by atoms with Crippen LogP contribution in [0.2, 0.25) is 0 Å². The van der Waals surface area contributed by atoms with Gasteiger partial charge in [0, 0.05) is 50.6 Å². The highest BCUT2D eigenvalue weighted by Crippen LogP contribution is 2.36. The van der Waals surface area contributed by atoms with E-state index in [2.05, 4.69) is 10.00 Å². The van der Waals surface area contributed by atoms with Gasteiger partial charge in [-0.05, 0) is 37.7 Å². The van der Waals surface area contributed by atoms with Gasteiger partial charge in [0.15, 0.2) is 5.69 Å². The van der Waals surface area contributed by atoms with Gasteiger partial charge in [0.2, 0.25) is 0 Å². The van der Waals surface area contributed by atoms with E-state index in [1.165, 1.54) is 19.4 Å². The lowest BCUT2D eigenvalue weighted by Gasteiger charge is -2.43. The van der Waals surface area contributed by atoms with Crippen molar-refractivity contribution in [1.82, 2.24) is 19.6 Å². The van der Waals surface area contributed by atoms with Crippen LogP contribution in [0.25, 0.3) is 10.9 Å². The molecule has 1 atom stereocenters. The van der Waals surface area contributed by atoms with E-state index in [1.807, 2.05) is 40.9 Å². The van der Waals surface area contributed by atoms with Gasteiger partial charge in [-0.15, -0.1) is 0 Å². The Hall–Kier alpha value is -1.92. The third-order valence-corrected chi connectivity index (χ3v) is 6.64. The number of carbonyl (C=O) groups excluding carboxylic acids is 1. The third kappa shape index (κ3) is 3.44. The molecule has 1 saturated carbocycles. The number of para-hydroxylation sites is 1. The second kappa shape index (κ2) is 7.16. The van der Waals surface area contributed by atoms with Crippen molar-refractivity contribution in [2.45, 2.75) is 25.7 Å². The van der Waals surface area contributed by atoms with E-state index in [1.54, 1.807) is 0 Å². The number of carbonyl (C=O) groups is 1. The van der Waals surface area contributed by atoms with Crippen LogP contribution in [-0.4, -0.2) is 71.4 Å². The third-order valence-electron chi connectivity index (χ3n) is 6.64. The van der Waals surface area contributed by atoms with Crippen LogP contribution < -0.4 is 0 Å². The highest BCUT2D eigenvalue weighted by atomic mass is 16.5. The van der Waals surface area contributed by atoms with Gasteiger partial charge >= 0.3 is 0 Å². The molecule has 0 bridgehead atoms. The molecule has 1 aliphatic carbocycles. The molecule has 2 aromatic rings. The number of aromatic nitrogens is 2. The number of benzene rings is 1. The molecule has 6 heteroatoms. The molecule has 1 amide bonds. The number of ether oxygens (including phenoxy) is 1. The highest BCUT2D eigenvalue weighted by Gasteiger charge is 2.41. The van der Waals surface area contributed by atoms with Crippen molar-refractivity contribution in [3.8, 4) is 0 Å². The SMILES string of the molecule is Cn1nc(C(=O)N2CCC[C@]3(COCCN(CC4CC4)C3)C2)c2ccccc21. The maximum atomic E-state index is 13.4. The number of piperidine rings is 1. The van der Waals surface area contributed by atoms with Crippen molar-refractivity contribution in [2.75, 3.05) is 45.9 Å². The zero-order valence-corrected chi connectivity index (χ0v) is 16.8. The van der Waals surface area contributed by atoms with Gasteiger partial charge < -0.3 is 14.5 Å². The van der Waals surface area contributed by atoms with Gasteiger partial charge in [-0.2, -0.15) is 5.10 Å². The largest absolute Gasteiger partial charge is 0.379 e. The molecule has 150 valence electrons. The first-order chi connectivity index (χ1) is 13.6. The number of nitrogens with zero attached hydrogens (tertiary/aromatic N) is 4. The normalized spacial score (nSPS) is 26.7. The smallest absolute Gasteiger partial charge is 0.275 e. The van der Waals surface area contributed by atoms with Crippen molar-refractivity contribution < 1.29 is 9.53 Å². The summed E-state index contributed by atoms with van der Waals surface area (Å²) in [6.07, 6.45) is 4.93. The zero-order valence-electron chi connectivity index (χ0n) is 16.8. The van der Waals surface area contributed by atoms with E-state index < -0.39 is 0 Å². The number of amides is 1. The second-order valence-corrected chi connectivity index (χ2v) is 9.05. The van der Waals surface area contributed by atoms with E-state index in [4.69, 9.17) is 4.74 Å². The van der Waals surface area contributed by atoms with Gasteiger partial charge in [-0.3, -0.25) is 9.48 Å². The van der Waals surface area contributed by atoms with Crippen LogP contribution in [0.1, 0.15) is 36.2 Å². The first kappa shape index (κ1) is 18.1. The lowest BCUT2D eigenvalue weighted by atomic mass is 9.80. The van der Waals surface area contributed by atoms with E-state index in [9.17, 15) is 4.79 Å². The van der Waals surface area contributed by atoms with Crippen molar-refractivity contribution in [3.63, 3.8) is 0 Å². The zero-order chi connectivity index (χ0) is 19.1. The number of fused-ring (bicyclic) bond motifs is 1. The highest BCUT2D eigenvalue weighted by molar-refractivity contribution is 6.04. The van der Waals surface area contributed by atoms with Crippen LogP contribution in [-0.2, 0) is 11.8 Å². The van der Waals surface area contributed by atoms with Crippen LogP contribution in [0.5, 0.6) is 0 Å². The molecular formula is C22H30N4O2. The summed E-state index contributed by atoms with van der Waals surface area (Å²) in [6, 6.07) is 7.99. The topological polar surface area (TPSA) is 50.6 Å². The lowest BCUT2D eigenvalue weighted by Crippen LogP contribution is -2.52. The summed E-state index contributed by atoms with van der Waals surface area (Å²) in [5, 5.41) is 5.51. The van der Waals surface area contributed by atoms with Gasteiger partial charge in [0.25, 0.3) is 5.91 Å². The molecule has 0 N–H and O–H groups in total. The predicted octanol–water partition coefficient (Wildman–Crippen LogP) is 2.54. The predicted molar refractivity (Wildman–Crippen MR) is 108 cm³/mol. The summed E-state index contributed by atoms with van der Waals surface area (Å²) in [5.74, 6) is 0.949. The Bertz CT molecular complexity index is 875. The Kier molecular flexibility index (Phi) is 4.63. The van der Waals surface area contributed by atoms with Crippen molar-refractivity contribution in [3.05, 3.63) is 30.0 Å². The molecular weight excluding hydrogens is 352 g/mol. The Morgan fingerprint density at radius 3 is 2.96 bits per heavy atom. The van der Waals surface area contributed by atoms with Crippen molar-refractivity contribution in [2.24, 2.45) is 18.4 Å². The van der Waals surface area contributed by atoms with Crippen molar-refractivity contribution in [1.29, 1.82) is 0 Å². The monoisotopic (exact) mass is 382 g/mol. The maximum Gasteiger partial charge on any atom is 0.275 e. The molecule has 1 aromatic heterocycles. The number of aryl methyl sites for hydroxylation is 1. The van der Waals surface area contributed by atoms with Crippen LogP contribution >= 0.6 is 0 Å². The molecule has 3 fully saturated rings. The Labute approximate surface area is 166 Å². The van der Waals surface area contributed by atoms with Gasteiger partial charge in [0.05, 0.1) is 18.7 Å². The van der Waals surface area contributed by atoms with Crippen LogP contribution in [0.15, 0.2) is 24.3 Å². The van der Waals surface area contributed by atoms with Gasteiger partial charge in [-0.1, -0.05) is 18.2 Å². The molecule has 3 aliphatic rings. The fraction of sp³-hybridized carbons (Fsp3) is 0.636. The number of hydrogen-bond donors (Lipinski definition) is 0. The summed E-state index contributed by atoms with van der Waals surface area (Å²) in [4.78, 5) is 18.0. The van der Waals surface area contributed by atoms with E-state index in [0.29, 0.717) is 5.69 Å². The van der Waals surface area contributed by atoms with Gasteiger partial charge in [-0.25, -0.2) is 0 Å². The Morgan fingerprint density at radius 1 is 1.25 bits per heavy atom. The quantitative estimate of drug-likeness (QED) is 0.819. The van der Waals surface area contributed by atoms with Gasteiger partial charge in [0.1, 0.15) is 0 Å². The molecule has 0 radical (unpaired) electrons. The summed E-state index contributed by atoms with van der Waals surface area (Å²) < 4.78 is 7.84. The minimum Gasteiger partial charge on any atom is -0.379 e. The minimum atomic E-state index is 0.0594. The minimum absolute atomic E-state index is 0.0594. The molecule has 2 aliphatic heterocycles. The van der Waals surface area contributed by atoms with Crippen LogP contribution in [0.4, 0.5) is 0 Å². The standard InChI is InChI=1S/C22H30N4O2/c1-24-19-6-3-2-5-18(19)20(23-24)21(27)26-10-4-9-22(15-26)14-25(11-12-28-16-22)13-17-7-8-17/h2-3,5-6,17H,4,7-16H2,1H3/t22-/m1/s1. The first-order valence-electron chi connectivity index (χ1n) is 10.6. The molecule has 6 nitrogen and oxygen atoms in total. The molecule has 28 heavy (non-hydrogen) atoms. The van der Waals surface area contributed by atoms with Crippen LogP contribution in [0, 0.1) is 11.3 Å². The van der Waals surface area contributed by atoms with E-state index >= 15 is 0 Å². The lowest BCUT2D eigenvalue weighted by molar-refractivity contribution is 0.00699. The molecule has 2 saturated heterocycles. The van der Waals surface area contributed by atoms with Crippen molar-refractivity contribution >= 4 is 16.8 Å². The average Bonchev–Trinajstić information content (AvgIpc) is 3.49. The van der Waals surface area contributed by atoms with Crippen LogP contribution in [0.3, 0.4) is 0 Å². The Morgan fingerprint density at radius 2 is 2.11 bits per heavy atom. The summed E-state index contributed by atoms with van der Waals surface area (Å²) in [7, 11) is 1.91. The molecule has 0 unspecified atom stereocenters. The van der Waals surface area contributed by atoms with E-state index in [0.717, 1.165) is 69.1 Å². The molecule has 1 aromatic carbocycles. The Balaban J connectivity index is 1.37. The molecule has 1 spiro atoms. The number of hydrogen-bond acceptors (Lipinski definition) is 4. The van der Waals surface area contributed by atoms with E-state index in [-0.39, 0.29) is 11.3 Å². The number of likely N-dealkylation sites (tertiary alicyclic amines) is 1. The number of rotatable bonds is 3. The summed E-state index contributed by atoms with van der Waals surface area (Å²) in [6.45, 7) is 6.44.